The van der Waals surface area contributed by atoms with Gasteiger partial charge in [-0.25, -0.2) is 9.97 Å². The van der Waals surface area contributed by atoms with Gasteiger partial charge >= 0.3 is 0 Å². The summed E-state index contributed by atoms with van der Waals surface area (Å²) < 4.78 is 6.13. The van der Waals surface area contributed by atoms with Crippen molar-refractivity contribution in [2.24, 2.45) is 0 Å². The van der Waals surface area contributed by atoms with Crippen LogP contribution >= 0.6 is 0 Å². The van der Waals surface area contributed by atoms with Gasteiger partial charge in [0.2, 0.25) is 11.8 Å². The molecule has 4 rings (SSSR count). The molecule has 0 amide bonds. The minimum atomic E-state index is 0.546. The second kappa shape index (κ2) is 6.97. The summed E-state index contributed by atoms with van der Waals surface area (Å²) in [6.07, 6.45) is 3.46. The van der Waals surface area contributed by atoms with Crippen LogP contribution < -0.4 is 4.74 Å². The smallest absolute Gasteiger partial charge is 0.229 e. The number of pyridine rings is 2. The van der Waals surface area contributed by atoms with E-state index >= 15 is 0 Å². The van der Waals surface area contributed by atoms with Gasteiger partial charge in [-0.15, -0.1) is 0 Å². The molecule has 0 fully saturated rings. The number of nitrogens with zero attached hydrogens (tertiary/aromatic N) is 2. The Labute approximate surface area is 146 Å². The van der Waals surface area contributed by atoms with Gasteiger partial charge in [0.05, 0.1) is 0 Å². The Bertz CT molecular complexity index is 888. The number of hydrogen-bond acceptors (Lipinski definition) is 3. The van der Waals surface area contributed by atoms with Gasteiger partial charge in [0, 0.05) is 23.5 Å². The Morgan fingerprint density at radius 1 is 0.480 bits per heavy atom. The minimum absolute atomic E-state index is 0.546. The molecular weight excluding hydrogens is 308 g/mol. The summed E-state index contributed by atoms with van der Waals surface area (Å²) in [4.78, 5) is 8.85. The van der Waals surface area contributed by atoms with Crippen LogP contribution in [0.5, 0.6) is 11.8 Å². The molecule has 0 saturated heterocycles. The quantitative estimate of drug-likeness (QED) is 0.490. The lowest BCUT2D eigenvalue weighted by atomic mass is 10.1. The summed E-state index contributed by atoms with van der Waals surface area (Å²) >= 11 is 0. The van der Waals surface area contributed by atoms with Crippen molar-refractivity contribution < 1.29 is 4.74 Å². The Hall–Kier alpha value is -3.46. The third-order valence-electron chi connectivity index (χ3n) is 3.91. The Morgan fingerprint density at radius 3 is 1.36 bits per heavy atom. The summed E-state index contributed by atoms with van der Waals surface area (Å²) in [6.45, 7) is 0. The molecule has 0 aliphatic heterocycles. The standard InChI is InChI=1S/C22H16N2O/c1-3-9-17(10-4-1)19-13-7-15-23-21(19)25-22-20(14-8-16-24-22)18-11-5-2-6-12-18/h1-16H. The molecule has 2 aromatic carbocycles. The van der Waals surface area contributed by atoms with Gasteiger partial charge in [-0.1, -0.05) is 60.7 Å². The monoisotopic (exact) mass is 324 g/mol. The maximum atomic E-state index is 6.13. The molecule has 0 saturated carbocycles. The zero-order valence-corrected chi connectivity index (χ0v) is 13.5. The molecule has 0 aliphatic rings. The van der Waals surface area contributed by atoms with Crippen molar-refractivity contribution in [2.45, 2.75) is 0 Å². The number of rotatable bonds is 4. The highest BCUT2D eigenvalue weighted by molar-refractivity contribution is 5.71. The van der Waals surface area contributed by atoms with Crippen LogP contribution in [0.4, 0.5) is 0 Å². The maximum Gasteiger partial charge on any atom is 0.229 e. The molecule has 0 spiro atoms. The molecule has 3 nitrogen and oxygen atoms in total. The molecule has 2 aromatic heterocycles. The zero-order chi connectivity index (χ0) is 16.9. The maximum absolute atomic E-state index is 6.13. The number of ether oxygens (including phenoxy) is 1. The van der Waals surface area contributed by atoms with E-state index in [1.54, 1.807) is 12.4 Å². The summed E-state index contributed by atoms with van der Waals surface area (Å²) in [5.41, 5.74) is 3.99. The van der Waals surface area contributed by atoms with E-state index in [4.69, 9.17) is 4.74 Å². The van der Waals surface area contributed by atoms with Crippen LogP contribution in [0, 0.1) is 0 Å². The second-order valence-corrected chi connectivity index (χ2v) is 5.55. The van der Waals surface area contributed by atoms with Gasteiger partial charge in [0.15, 0.2) is 0 Å². The van der Waals surface area contributed by atoms with Gasteiger partial charge in [-0.3, -0.25) is 0 Å². The molecule has 0 aliphatic carbocycles. The van der Waals surface area contributed by atoms with Crippen molar-refractivity contribution in [3.63, 3.8) is 0 Å². The fraction of sp³-hybridized carbons (Fsp3) is 0. The lowest BCUT2D eigenvalue weighted by molar-refractivity contribution is 0.448. The van der Waals surface area contributed by atoms with Gasteiger partial charge in [-0.2, -0.15) is 0 Å². The number of benzene rings is 2. The first-order valence-electron chi connectivity index (χ1n) is 8.10. The van der Waals surface area contributed by atoms with E-state index in [1.807, 2.05) is 84.9 Å². The highest BCUT2D eigenvalue weighted by atomic mass is 16.5. The van der Waals surface area contributed by atoms with Crippen molar-refractivity contribution >= 4 is 0 Å². The first kappa shape index (κ1) is 15.1. The van der Waals surface area contributed by atoms with Crippen molar-refractivity contribution in [2.75, 3.05) is 0 Å². The largest absolute Gasteiger partial charge is 0.419 e. The van der Waals surface area contributed by atoms with E-state index in [0.29, 0.717) is 11.8 Å². The topological polar surface area (TPSA) is 35.0 Å². The van der Waals surface area contributed by atoms with E-state index in [0.717, 1.165) is 22.3 Å². The highest BCUT2D eigenvalue weighted by Gasteiger charge is 2.12. The molecule has 0 atom stereocenters. The lowest BCUT2D eigenvalue weighted by Crippen LogP contribution is -1.95. The molecule has 0 N–H and O–H groups in total. The molecule has 25 heavy (non-hydrogen) atoms. The first-order valence-corrected chi connectivity index (χ1v) is 8.10. The van der Waals surface area contributed by atoms with Crippen LogP contribution in [-0.2, 0) is 0 Å². The van der Waals surface area contributed by atoms with Gasteiger partial charge < -0.3 is 4.74 Å². The van der Waals surface area contributed by atoms with Crippen LogP contribution in [0.15, 0.2) is 97.3 Å². The van der Waals surface area contributed by atoms with E-state index in [2.05, 4.69) is 9.97 Å². The van der Waals surface area contributed by atoms with Crippen LogP contribution in [0.2, 0.25) is 0 Å². The SMILES string of the molecule is c1ccc(-c2cccnc2Oc2ncccc2-c2ccccc2)cc1. The average molecular weight is 324 g/mol. The summed E-state index contributed by atoms with van der Waals surface area (Å²) in [7, 11) is 0. The Balaban J connectivity index is 1.76. The molecule has 120 valence electrons. The first-order chi connectivity index (χ1) is 12.4. The summed E-state index contributed by atoms with van der Waals surface area (Å²) in [5.74, 6) is 1.09. The Morgan fingerprint density at radius 2 is 0.920 bits per heavy atom. The predicted octanol–water partition coefficient (Wildman–Crippen LogP) is 5.60. The third-order valence-corrected chi connectivity index (χ3v) is 3.91. The van der Waals surface area contributed by atoms with Gasteiger partial charge in [0.1, 0.15) is 0 Å². The molecule has 0 radical (unpaired) electrons. The summed E-state index contributed by atoms with van der Waals surface area (Å²) in [6, 6.07) is 28.0. The third kappa shape index (κ3) is 3.26. The molecule has 2 heterocycles. The van der Waals surface area contributed by atoms with Crippen LogP contribution in [0.1, 0.15) is 0 Å². The van der Waals surface area contributed by atoms with E-state index in [9.17, 15) is 0 Å². The fourth-order valence-corrected chi connectivity index (χ4v) is 2.71. The molecule has 3 heteroatoms. The minimum Gasteiger partial charge on any atom is -0.419 e. The molecule has 0 unspecified atom stereocenters. The zero-order valence-electron chi connectivity index (χ0n) is 13.5. The predicted molar refractivity (Wildman–Crippen MR) is 99.4 cm³/mol. The van der Waals surface area contributed by atoms with Crippen molar-refractivity contribution in [3.05, 3.63) is 97.3 Å². The van der Waals surface area contributed by atoms with Gasteiger partial charge in [0.25, 0.3) is 0 Å². The van der Waals surface area contributed by atoms with Crippen molar-refractivity contribution in [3.8, 4) is 34.0 Å². The van der Waals surface area contributed by atoms with Crippen LogP contribution in [-0.4, -0.2) is 9.97 Å². The average Bonchev–Trinajstić information content (AvgIpc) is 2.70. The fourth-order valence-electron chi connectivity index (χ4n) is 2.71. The molecule has 0 bridgehead atoms. The van der Waals surface area contributed by atoms with E-state index in [1.165, 1.54) is 0 Å². The van der Waals surface area contributed by atoms with E-state index in [-0.39, 0.29) is 0 Å². The normalized spacial score (nSPS) is 10.4. The lowest BCUT2D eigenvalue weighted by Gasteiger charge is -2.12. The Kier molecular flexibility index (Phi) is 4.21. The van der Waals surface area contributed by atoms with Crippen LogP contribution in [0.3, 0.4) is 0 Å². The van der Waals surface area contributed by atoms with Crippen molar-refractivity contribution in [1.29, 1.82) is 0 Å². The summed E-state index contributed by atoms with van der Waals surface area (Å²) in [5, 5.41) is 0. The van der Waals surface area contributed by atoms with Crippen molar-refractivity contribution in [1.82, 2.24) is 9.97 Å². The highest BCUT2D eigenvalue weighted by Crippen LogP contribution is 2.34. The molecule has 4 aromatic rings. The number of aromatic nitrogens is 2. The van der Waals surface area contributed by atoms with Crippen LogP contribution in [0.25, 0.3) is 22.3 Å². The molecular formula is C22H16N2O. The van der Waals surface area contributed by atoms with E-state index < -0.39 is 0 Å². The van der Waals surface area contributed by atoms with Gasteiger partial charge in [-0.05, 0) is 35.4 Å². The number of hydrogen-bond donors (Lipinski definition) is 0. The second-order valence-electron chi connectivity index (χ2n) is 5.55.